The van der Waals surface area contributed by atoms with Crippen LogP contribution in [0.3, 0.4) is 0 Å². The molecule has 0 aliphatic carbocycles. The molecule has 1 rings (SSSR count). The zero-order valence-corrected chi connectivity index (χ0v) is 11.3. The van der Waals surface area contributed by atoms with Crippen LogP contribution in [0.1, 0.15) is 46.0 Å². The summed E-state index contributed by atoms with van der Waals surface area (Å²) in [5.41, 5.74) is -0.762. The summed E-state index contributed by atoms with van der Waals surface area (Å²) in [5, 5.41) is 12.7. The molecule has 1 aliphatic rings. The third kappa shape index (κ3) is 4.28. The lowest BCUT2D eigenvalue weighted by atomic mass is 9.93. The molecule has 0 aromatic heterocycles. The Hall–Kier alpha value is -0.610. The van der Waals surface area contributed by atoms with Crippen molar-refractivity contribution >= 4 is 5.97 Å². The van der Waals surface area contributed by atoms with E-state index < -0.39 is 11.5 Å². The lowest BCUT2D eigenvalue weighted by Crippen LogP contribution is -2.53. The van der Waals surface area contributed by atoms with Gasteiger partial charge in [-0.2, -0.15) is 0 Å². The van der Waals surface area contributed by atoms with Crippen LogP contribution in [0.4, 0.5) is 0 Å². The van der Waals surface area contributed by atoms with E-state index >= 15 is 0 Å². The minimum Gasteiger partial charge on any atom is -0.480 e. The third-order valence-electron chi connectivity index (χ3n) is 3.70. The van der Waals surface area contributed by atoms with Crippen LogP contribution in [0.25, 0.3) is 0 Å². The molecule has 1 heterocycles. The Morgan fingerprint density at radius 1 is 1.47 bits per heavy atom. The van der Waals surface area contributed by atoms with Gasteiger partial charge in [0.25, 0.3) is 0 Å². The van der Waals surface area contributed by atoms with E-state index in [9.17, 15) is 9.90 Å². The minimum atomic E-state index is -0.762. The Kier molecular flexibility index (Phi) is 5.40. The van der Waals surface area contributed by atoms with Crippen molar-refractivity contribution in [3.63, 3.8) is 0 Å². The van der Waals surface area contributed by atoms with Crippen LogP contribution in [-0.4, -0.2) is 47.7 Å². The number of hydrogen-bond acceptors (Lipinski definition) is 3. The van der Waals surface area contributed by atoms with Crippen LogP contribution < -0.4 is 5.32 Å². The van der Waals surface area contributed by atoms with Crippen LogP contribution in [0.5, 0.6) is 0 Å². The normalized spacial score (nSPS) is 26.2. The molecule has 0 spiro atoms. The quantitative estimate of drug-likeness (QED) is 0.770. The van der Waals surface area contributed by atoms with Gasteiger partial charge in [0, 0.05) is 6.04 Å². The Morgan fingerprint density at radius 2 is 2.18 bits per heavy atom. The van der Waals surface area contributed by atoms with Crippen molar-refractivity contribution in [3.8, 4) is 0 Å². The molecule has 17 heavy (non-hydrogen) atoms. The summed E-state index contributed by atoms with van der Waals surface area (Å²) in [4.78, 5) is 13.7. The lowest BCUT2D eigenvalue weighted by molar-refractivity contribution is -0.145. The van der Waals surface area contributed by atoms with Gasteiger partial charge in [-0.25, -0.2) is 0 Å². The molecule has 0 aromatic carbocycles. The molecule has 0 amide bonds. The van der Waals surface area contributed by atoms with Gasteiger partial charge in [0.05, 0.1) is 0 Å². The number of aliphatic carboxylic acids is 1. The smallest absolute Gasteiger partial charge is 0.323 e. The number of likely N-dealkylation sites (tertiary alicyclic amines) is 1. The van der Waals surface area contributed by atoms with Gasteiger partial charge in [0.15, 0.2) is 0 Å². The highest BCUT2D eigenvalue weighted by Gasteiger charge is 2.34. The first-order chi connectivity index (χ1) is 7.98. The van der Waals surface area contributed by atoms with E-state index in [2.05, 4.69) is 17.3 Å². The molecule has 1 saturated heterocycles. The van der Waals surface area contributed by atoms with Crippen LogP contribution >= 0.6 is 0 Å². The zero-order valence-electron chi connectivity index (χ0n) is 11.3. The van der Waals surface area contributed by atoms with E-state index in [0.29, 0.717) is 12.5 Å². The Balaban J connectivity index is 2.57. The number of rotatable bonds is 5. The molecule has 4 nitrogen and oxygen atoms in total. The SMILES string of the molecule is CCCC(C)(NC1CCCN(C)CC1)C(=O)O. The maximum absolute atomic E-state index is 11.4. The first-order valence-electron chi connectivity index (χ1n) is 6.67. The second-order valence-corrected chi connectivity index (χ2v) is 5.46. The van der Waals surface area contributed by atoms with Gasteiger partial charge in [-0.05, 0) is 52.7 Å². The van der Waals surface area contributed by atoms with E-state index in [1.807, 2.05) is 13.8 Å². The van der Waals surface area contributed by atoms with E-state index in [-0.39, 0.29) is 0 Å². The fourth-order valence-electron chi connectivity index (χ4n) is 2.58. The molecule has 0 bridgehead atoms. The molecule has 100 valence electrons. The maximum Gasteiger partial charge on any atom is 0.323 e. The molecular weight excluding hydrogens is 216 g/mol. The van der Waals surface area contributed by atoms with Gasteiger partial charge < -0.3 is 10.0 Å². The van der Waals surface area contributed by atoms with E-state index in [0.717, 1.165) is 38.8 Å². The Labute approximate surface area is 104 Å². The molecule has 2 unspecified atom stereocenters. The van der Waals surface area contributed by atoms with Crippen molar-refractivity contribution in [2.45, 2.75) is 57.5 Å². The van der Waals surface area contributed by atoms with Crippen LogP contribution in [0.15, 0.2) is 0 Å². The van der Waals surface area contributed by atoms with E-state index in [1.165, 1.54) is 0 Å². The molecule has 4 heteroatoms. The average Bonchev–Trinajstić information content (AvgIpc) is 2.44. The summed E-state index contributed by atoms with van der Waals surface area (Å²) in [6, 6.07) is 0.340. The maximum atomic E-state index is 11.4. The van der Waals surface area contributed by atoms with Crippen molar-refractivity contribution < 1.29 is 9.90 Å². The van der Waals surface area contributed by atoms with E-state index in [4.69, 9.17) is 0 Å². The second-order valence-electron chi connectivity index (χ2n) is 5.46. The van der Waals surface area contributed by atoms with Crippen LogP contribution in [0, 0.1) is 0 Å². The first-order valence-corrected chi connectivity index (χ1v) is 6.67. The largest absolute Gasteiger partial charge is 0.480 e. The zero-order chi connectivity index (χ0) is 12.9. The van der Waals surface area contributed by atoms with Crippen LogP contribution in [0.2, 0.25) is 0 Å². The van der Waals surface area contributed by atoms with Gasteiger partial charge in [0.1, 0.15) is 5.54 Å². The molecule has 1 fully saturated rings. The summed E-state index contributed by atoms with van der Waals surface area (Å²) in [6.07, 6.45) is 4.85. The van der Waals surface area contributed by atoms with Crippen LogP contribution in [-0.2, 0) is 4.79 Å². The number of nitrogens with one attached hydrogen (secondary N) is 1. The number of nitrogens with zero attached hydrogens (tertiary/aromatic N) is 1. The highest BCUT2D eigenvalue weighted by Crippen LogP contribution is 2.18. The number of hydrogen-bond donors (Lipinski definition) is 2. The van der Waals surface area contributed by atoms with Gasteiger partial charge in [0.2, 0.25) is 0 Å². The minimum absolute atomic E-state index is 0.340. The Morgan fingerprint density at radius 3 is 2.76 bits per heavy atom. The average molecular weight is 242 g/mol. The molecular formula is C13H26N2O2. The van der Waals surface area contributed by atoms with Crippen molar-refractivity contribution in [1.29, 1.82) is 0 Å². The van der Waals surface area contributed by atoms with E-state index in [1.54, 1.807) is 0 Å². The van der Waals surface area contributed by atoms with Gasteiger partial charge in [-0.15, -0.1) is 0 Å². The molecule has 2 N–H and O–H groups in total. The molecule has 2 atom stereocenters. The fraction of sp³-hybridized carbons (Fsp3) is 0.923. The monoisotopic (exact) mass is 242 g/mol. The number of carboxylic acid groups (broad SMARTS) is 1. The fourth-order valence-corrected chi connectivity index (χ4v) is 2.58. The summed E-state index contributed by atoms with van der Waals surface area (Å²) >= 11 is 0. The topological polar surface area (TPSA) is 52.6 Å². The highest BCUT2D eigenvalue weighted by molar-refractivity contribution is 5.78. The molecule has 0 radical (unpaired) electrons. The third-order valence-corrected chi connectivity index (χ3v) is 3.70. The predicted octanol–water partition coefficient (Wildman–Crippen LogP) is 1.70. The van der Waals surface area contributed by atoms with Crippen molar-refractivity contribution in [2.24, 2.45) is 0 Å². The Bertz CT molecular complexity index is 258. The second kappa shape index (κ2) is 6.36. The molecule has 1 aliphatic heterocycles. The first kappa shape index (κ1) is 14.5. The molecule has 0 aromatic rings. The summed E-state index contributed by atoms with van der Waals surface area (Å²) in [5.74, 6) is -0.725. The van der Waals surface area contributed by atoms with Gasteiger partial charge in [-0.1, -0.05) is 13.3 Å². The number of carbonyl (C=O) groups is 1. The predicted molar refractivity (Wildman–Crippen MR) is 69.2 cm³/mol. The highest BCUT2D eigenvalue weighted by atomic mass is 16.4. The summed E-state index contributed by atoms with van der Waals surface area (Å²) in [7, 11) is 2.13. The summed E-state index contributed by atoms with van der Waals surface area (Å²) in [6.45, 7) is 6.02. The van der Waals surface area contributed by atoms with Crippen molar-refractivity contribution in [2.75, 3.05) is 20.1 Å². The van der Waals surface area contributed by atoms with Crippen molar-refractivity contribution in [3.05, 3.63) is 0 Å². The lowest BCUT2D eigenvalue weighted by Gasteiger charge is -2.31. The standard InChI is InChI=1S/C13H26N2O2/c1-4-8-13(2,12(16)17)14-11-6-5-9-15(3)10-7-11/h11,14H,4-10H2,1-3H3,(H,16,17). The van der Waals surface area contributed by atoms with Gasteiger partial charge >= 0.3 is 5.97 Å². The molecule has 0 saturated carbocycles. The van der Waals surface area contributed by atoms with Crippen molar-refractivity contribution in [1.82, 2.24) is 10.2 Å². The number of carboxylic acids is 1. The summed E-state index contributed by atoms with van der Waals surface area (Å²) < 4.78 is 0. The van der Waals surface area contributed by atoms with Gasteiger partial charge in [-0.3, -0.25) is 10.1 Å².